The predicted molar refractivity (Wildman–Crippen MR) is 80.8 cm³/mol. The molecule has 0 saturated heterocycles. The summed E-state index contributed by atoms with van der Waals surface area (Å²) in [7, 11) is 1.68. The molecule has 0 saturated carbocycles. The number of hydrogen-bond acceptors (Lipinski definition) is 5. The number of aryl methyl sites for hydroxylation is 1. The number of benzene rings is 1. The summed E-state index contributed by atoms with van der Waals surface area (Å²) >= 11 is 0. The van der Waals surface area contributed by atoms with E-state index in [2.05, 4.69) is 20.7 Å². The number of carbonyl (C=O) groups excluding carboxylic acids is 1. The van der Waals surface area contributed by atoms with Crippen molar-refractivity contribution in [3.63, 3.8) is 0 Å². The van der Waals surface area contributed by atoms with Gasteiger partial charge in [-0.05, 0) is 16.2 Å². The minimum Gasteiger partial charge on any atom is -0.445 e. The SMILES string of the molecule is Cn1nnc([C@@H](NC(=O)OCc2ccccc2)C(C)(C)C)n1. The number of nitrogens with zero attached hydrogens (tertiary/aromatic N) is 4. The van der Waals surface area contributed by atoms with Crippen molar-refractivity contribution in [3.05, 3.63) is 41.7 Å². The van der Waals surface area contributed by atoms with Crippen molar-refractivity contribution in [2.75, 3.05) is 0 Å². The van der Waals surface area contributed by atoms with Crippen molar-refractivity contribution >= 4 is 6.09 Å². The molecule has 7 heteroatoms. The van der Waals surface area contributed by atoms with Gasteiger partial charge in [-0.2, -0.15) is 4.80 Å². The second kappa shape index (κ2) is 6.55. The summed E-state index contributed by atoms with van der Waals surface area (Å²) in [5, 5.41) is 14.8. The molecule has 0 radical (unpaired) electrons. The smallest absolute Gasteiger partial charge is 0.408 e. The molecule has 0 unspecified atom stereocenters. The Kier molecular flexibility index (Phi) is 4.75. The fraction of sp³-hybridized carbons (Fsp3) is 0.467. The normalized spacial score (nSPS) is 12.7. The first-order valence-corrected chi connectivity index (χ1v) is 7.07. The van der Waals surface area contributed by atoms with Crippen molar-refractivity contribution in [2.45, 2.75) is 33.4 Å². The van der Waals surface area contributed by atoms with Crippen LogP contribution in [0.25, 0.3) is 0 Å². The van der Waals surface area contributed by atoms with Gasteiger partial charge in [0.2, 0.25) is 0 Å². The number of ether oxygens (including phenoxy) is 1. The van der Waals surface area contributed by atoms with E-state index in [0.717, 1.165) is 5.56 Å². The highest BCUT2D eigenvalue weighted by molar-refractivity contribution is 5.67. The molecular formula is C15H21N5O2. The first kappa shape index (κ1) is 15.9. The van der Waals surface area contributed by atoms with Crippen LogP contribution in [-0.2, 0) is 18.4 Å². The fourth-order valence-electron chi connectivity index (χ4n) is 1.97. The van der Waals surface area contributed by atoms with Crippen LogP contribution in [0.5, 0.6) is 0 Å². The van der Waals surface area contributed by atoms with Crippen LogP contribution in [0.1, 0.15) is 38.2 Å². The van der Waals surface area contributed by atoms with E-state index in [4.69, 9.17) is 4.74 Å². The van der Waals surface area contributed by atoms with Gasteiger partial charge in [0.1, 0.15) is 12.6 Å². The average molecular weight is 303 g/mol. The first-order valence-electron chi connectivity index (χ1n) is 7.07. The lowest BCUT2D eigenvalue weighted by atomic mass is 9.86. The van der Waals surface area contributed by atoms with E-state index in [1.54, 1.807) is 7.05 Å². The number of rotatable bonds is 4. The molecule has 0 fully saturated rings. The Morgan fingerprint density at radius 1 is 1.32 bits per heavy atom. The molecule has 2 rings (SSSR count). The number of carbonyl (C=O) groups is 1. The molecule has 1 heterocycles. The van der Waals surface area contributed by atoms with Gasteiger partial charge in [0.05, 0.1) is 7.05 Å². The largest absolute Gasteiger partial charge is 0.445 e. The van der Waals surface area contributed by atoms with Gasteiger partial charge in [-0.25, -0.2) is 4.79 Å². The Bertz CT molecular complexity index is 618. The van der Waals surface area contributed by atoms with Crippen LogP contribution in [0.3, 0.4) is 0 Å². The van der Waals surface area contributed by atoms with Crippen LogP contribution in [-0.4, -0.2) is 26.3 Å². The van der Waals surface area contributed by atoms with E-state index in [9.17, 15) is 4.79 Å². The molecule has 1 amide bonds. The Hall–Kier alpha value is -2.44. The first-order chi connectivity index (χ1) is 10.4. The summed E-state index contributed by atoms with van der Waals surface area (Å²) in [5.74, 6) is 0.465. The van der Waals surface area contributed by atoms with Crippen molar-refractivity contribution < 1.29 is 9.53 Å². The maximum absolute atomic E-state index is 12.0. The predicted octanol–water partition coefficient (Wildman–Crippen LogP) is 2.22. The minimum absolute atomic E-state index is 0.220. The third-order valence-electron chi connectivity index (χ3n) is 3.12. The standard InChI is InChI=1S/C15H21N5O2/c1-15(2,3)12(13-17-19-20(4)18-13)16-14(21)22-10-11-8-6-5-7-9-11/h5-9,12H,10H2,1-4H3,(H,16,21)/t12-/m1/s1. The van der Waals surface area contributed by atoms with Crippen LogP contribution in [0.4, 0.5) is 4.79 Å². The third kappa shape index (κ3) is 4.28. The van der Waals surface area contributed by atoms with E-state index in [-0.39, 0.29) is 18.1 Å². The zero-order valence-corrected chi connectivity index (χ0v) is 13.3. The Labute approximate surface area is 129 Å². The van der Waals surface area contributed by atoms with Gasteiger partial charge in [-0.3, -0.25) is 0 Å². The lowest BCUT2D eigenvalue weighted by molar-refractivity contribution is 0.124. The van der Waals surface area contributed by atoms with Gasteiger partial charge in [-0.15, -0.1) is 10.2 Å². The summed E-state index contributed by atoms with van der Waals surface area (Å²) in [6.45, 7) is 6.19. The molecule has 22 heavy (non-hydrogen) atoms. The van der Waals surface area contributed by atoms with Crippen LogP contribution >= 0.6 is 0 Å². The molecule has 2 aromatic rings. The molecule has 1 N–H and O–H groups in total. The third-order valence-corrected chi connectivity index (χ3v) is 3.12. The number of aromatic nitrogens is 4. The van der Waals surface area contributed by atoms with Gasteiger partial charge < -0.3 is 10.1 Å². The van der Waals surface area contributed by atoms with Crippen molar-refractivity contribution in [1.82, 2.24) is 25.5 Å². The van der Waals surface area contributed by atoms with E-state index in [1.807, 2.05) is 51.1 Å². The van der Waals surface area contributed by atoms with Crippen LogP contribution in [0.15, 0.2) is 30.3 Å². The molecule has 1 aromatic heterocycles. The van der Waals surface area contributed by atoms with Gasteiger partial charge in [-0.1, -0.05) is 51.1 Å². The van der Waals surface area contributed by atoms with Gasteiger partial charge in [0.25, 0.3) is 0 Å². The van der Waals surface area contributed by atoms with Gasteiger partial charge in [0, 0.05) is 0 Å². The Balaban J connectivity index is 2.00. The molecule has 118 valence electrons. The molecule has 0 aliphatic heterocycles. The topological polar surface area (TPSA) is 81.9 Å². The molecule has 1 atom stereocenters. The highest BCUT2D eigenvalue weighted by Crippen LogP contribution is 2.30. The molecule has 7 nitrogen and oxygen atoms in total. The van der Waals surface area contributed by atoms with E-state index in [0.29, 0.717) is 5.82 Å². The lowest BCUT2D eigenvalue weighted by Crippen LogP contribution is -2.37. The minimum atomic E-state index is -0.503. The molecule has 0 bridgehead atoms. The van der Waals surface area contributed by atoms with E-state index in [1.165, 1.54) is 4.80 Å². The maximum atomic E-state index is 12.0. The summed E-state index contributed by atoms with van der Waals surface area (Å²) in [6, 6.07) is 9.14. The van der Waals surface area contributed by atoms with Crippen LogP contribution < -0.4 is 5.32 Å². The maximum Gasteiger partial charge on any atom is 0.408 e. The zero-order valence-electron chi connectivity index (χ0n) is 13.3. The number of tetrazole rings is 1. The van der Waals surface area contributed by atoms with Gasteiger partial charge in [0.15, 0.2) is 5.82 Å². The zero-order chi connectivity index (χ0) is 16.2. The highest BCUT2D eigenvalue weighted by atomic mass is 16.5. The molecule has 0 spiro atoms. The quantitative estimate of drug-likeness (QED) is 0.936. The summed E-state index contributed by atoms with van der Waals surface area (Å²) in [4.78, 5) is 13.4. The van der Waals surface area contributed by atoms with Gasteiger partial charge >= 0.3 is 6.09 Å². The highest BCUT2D eigenvalue weighted by Gasteiger charge is 2.32. The summed E-state index contributed by atoms with van der Waals surface area (Å²) < 4.78 is 5.25. The number of hydrogen-bond donors (Lipinski definition) is 1. The second-order valence-corrected chi connectivity index (χ2v) is 6.14. The van der Waals surface area contributed by atoms with Crippen molar-refractivity contribution in [2.24, 2.45) is 12.5 Å². The van der Waals surface area contributed by atoms with Crippen molar-refractivity contribution in [1.29, 1.82) is 0 Å². The second-order valence-electron chi connectivity index (χ2n) is 6.14. The molecular weight excluding hydrogens is 282 g/mol. The number of amides is 1. The molecule has 0 aliphatic carbocycles. The molecule has 1 aromatic carbocycles. The fourth-order valence-corrected chi connectivity index (χ4v) is 1.97. The molecule has 0 aliphatic rings. The van der Waals surface area contributed by atoms with E-state index < -0.39 is 6.09 Å². The van der Waals surface area contributed by atoms with Crippen LogP contribution in [0.2, 0.25) is 0 Å². The Morgan fingerprint density at radius 2 is 2.00 bits per heavy atom. The number of nitrogens with one attached hydrogen (secondary N) is 1. The lowest BCUT2D eigenvalue weighted by Gasteiger charge is -2.28. The summed E-state index contributed by atoms with van der Waals surface area (Å²) in [6.07, 6.45) is -0.503. The van der Waals surface area contributed by atoms with E-state index >= 15 is 0 Å². The Morgan fingerprint density at radius 3 is 2.55 bits per heavy atom. The van der Waals surface area contributed by atoms with Crippen molar-refractivity contribution in [3.8, 4) is 0 Å². The average Bonchev–Trinajstić information content (AvgIpc) is 2.88. The monoisotopic (exact) mass is 303 g/mol. The van der Waals surface area contributed by atoms with Crippen LogP contribution in [0, 0.1) is 5.41 Å². The summed E-state index contributed by atoms with van der Waals surface area (Å²) in [5.41, 5.74) is 0.664. The number of alkyl carbamates (subject to hydrolysis) is 1.